The summed E-state index contributed by atoms with van der Waals surface area (Å²) in [5.74, 6) is 0.504. The first-order valence-electron chi connectivity index (χ1n) is 9.03. The van der Waals surface area contributed by atoms with Crippen LogP contribution in [0.1, 0.15) is 45.3 Å². The molecule has 8 heteroatoms. The van der Waals surface area contributed by atoms with Crippen LogP contribution >= 0.6 is 11.6 Å². The number of halogens is 1. The maximum Gasteiger partial charge on any atom is 0.229 e. The topological polar surface area (TPSA) is 65.3 Å². The second-order valence-electron chi connectivity index (χ2n) is 6.96. The third-order valence-corrected chi connectivity index (χ3v) is 5.41. The molecule has 0 N–H and O–H groups in total. The van der Waals surface area contributed by atoms with Crippen molar-refractivity contribution >= 4 is 22.6 Å². The lowest BCUT2D eigenvalue weighted by atomic mass is 10.1. The lowest BCUT2D eigenvalue weighted by Gasteiger charge is -2.26. The van der Waals surface area contributed by atoms with E-state index >= 15 is 0 Å². The molecule has 0 aromatic carbocycles. The molecule has 0 spiro atoms. The highest BCUT2D eigenvalue weighted by Gasteiger charge is 2.29. The van der Waals surface area contributed by atoms with Crippen LogP contribution in [-0.4, -0.2) is 57.0 Å². The number of likely N-dealkylation sites (tertiary alicyclic amines) is 1. The van der Waals surface area contributed by atoms with Gasteiger partial charge in [0.25, 0.3) is 0 Å². The Kier molecular flexibility index (Phi) is 4.80. The summed E-state index contributed by atoms with van der Waals surface area (Å²) in [7, 11) is 2.14. The molecule has 0 radical (unpaired) electrons. The molecule has 0 amide bonds. The van der Waals surface area contributed by atoms with Crippen molar-refractivity contribution < 1.29 is 9.47 Å². The summed E-state index contributed by atoms with van der Waals surface area (Å²) >= 11 is 6.17. The molecule has 0 bridgehead atoms. The minimum atomic E-state index is -0.0940. The first-order chi connectivity index (χ1) is 12.1. The van der Waals surface area contributed by atoms with Gasteiger partial charge in [0.15, 0.2) is 11.9 Å². The van der Waals surface area contributed by atoms with Crippen LogP contribution in [0.3, 0.4) is 0 Å². The number of nitrogens with zero attached hydrogens (tertiary/aromatic N) is 5. The fourth-order valence-corrected chi connectivity index (χ4v) is 4.03. The summed E-state index contributed by atoms with van der Waals surface area (Å²) in [4.78, 5) is 11.0. The number of likely N-dealkylation sites (N-methyl/N-ethyl adjacent to an activating group) is 1. The average Bonchev–Trinajstić information content (AvgIpc) is 3.21. The largest absolute Gasteiger partial charge is 0.472 e. The van der Waals surface area contributed by atoms with Gasteiger partial charge in [-0.15, -0.1) is 0 Å². The highest BCUT2D eigenvalue weighted by Crippen LogP contribution is 2.31. The fourth-order valence-electron chi connectivity index (χ4n) is 3.88. The molecule has 4 heterocycles. The fraction of sp³-hybridized carbons (Fsp3) is 0.706. The van der Waals surface area contributed by atoms with Gasteiger partial charge in [0, 0.05) is 12.6 Å². The van der Waals surface area contributed by atoms with Crippen LogP contribution in [-0.2, 0) is 4.74 Å². The van der Waals surface area contributed by atoms with E-state index in [1.807, 2.05) is 0 Å². The predicted octanol–water partition coefficient (Wildman–Crippen LogP) is 3.04. The number of rotatable bonds is 4. The van der Waals surface area contributed by atoms with E-state index in [1.165, 1.54) is 6.42 Å². The standard InChI is InChI=1S/C17H24ClN5O2/c1-11(13-6-5-8-22(13)2)25-16-12-10-19-23(14-7-3-4-9-24-14)15(12)20-17(18)21-16/h10-11,13-14H,3-9H2,1-2H3/t11-,13-,14?/m0/s1. The molecule has 2 aliphatic heterocycles. The van der Waals surface area contributed by atoms with Crippen molar-refractivity contribution in [3.05, 3.63) is 11.5 Å². The van der Waals surface area contributed by atoms with Crippen molar-refractivity contribution in [3.8, 4) is 5.88 Å². The van der Waals surface area contributed by atoms with Gasteiger partial charge in [-0.2, -0.15) is 15.1 Å². The molecular formula is C17H24ClN5O2. The van der Waals surface area contributed by atoms with E-state index in [-0.39, 0.29) is 17.6 Å². The SMILES string of the molecule is C[C@H](Oc1nc(Cl)nc2c1cnn2C1CCCCO1)[C@@H]1CCCN1C. The van der Waals surface area contributed by atoms with Crippen LogP contribution in [0, 0.1) is 0 Å². The second kappa shape index (κ2) is 7.05. The van der Waals surface area contributed by atoms with Crippen LogP contribution < -0.4 is 4.74 Å². The molecule has 2 aromatic heterocycles. The Morgan fingerprint density at radius 3 is 2.88 bits per heavy atom. The molecule has 25 heavy (non-hydrogen) atoms. The summed E-state index contributed by atoms with van der Waals surface area (Å²) in [6.45, 7) is 3.94. The lowest BCUT2D eigenvalue weighted by molar-refractivity contribution is -0.0370. The summed E-state index contributed by atoms with van der Waals surface area (Å²) < 4.78 is 13.8. The van der Waals surface area contributed by atoms with Gasteiger partial charge in [-0.05, 0) is 64.2 Å². The van der Waals surface area contributed by atoms with Crippen molar-refractivity contribution in [2.45, 2.75) is 57.4 Å². The highest BCUT2D eigenvalue weighted by molar-refractivity contribution is 6.28. The normalized spacial score (nSPS) is 26.2. The molecule has 3 atom stereocenters. The van der Waals surface area contributed by atoms with E-state index in [4.69, 9.17) is 21.1 Å². The van der Waals surface area contributed by atoms with Gasteiger partial charge in [-0.1, -0.05) is 0 Å². The van der Waals surface area contributed by atoms with E-state index in [2.05, 4.69) is 33.9 Å². The molecule has 7 nitrogen and oxygen atoms in total. The summed E-state index contributed by atoms with van der Waals surface area (Å²) in [6.07, 6.45) is 7.16. The van der Waals surface area contributed by atoms with Crippen LogP contribution in [0.25, 0.3) is 11.0 Å². The van der Waals surface area contributed by atoms with Crippen molar-refractivity contribution in [1.82, 2.24) is 24.6 Å². The molecule has 1 unspecified atom stereocenters. The van der Waals surface area contributed by atoms with Gasteiger partial charge in [0.2, 0.25) is 11.2 Å². The van der Waals surface area contributed by atoms with Gasteiger partial charge < -0.3 is 9.47 Å². The van der Waals surface area contributed by atoms with Crippen LogP contribution in [0.2, 0.25) is 5.28 Å². The van der Waals surface area contributed by atoms with E-state index < -0.39 is 0 Å². The summed E-state index contributed by atoms with van der Waals surface area (Å²) in [5, 5.41) is 5.44. The number of aromatic nitrogens is 4. The van der Waals surface area contributed by atoms with E-state index in [1.54, 1.807) is 10.9 Å². The van der Waals surface area contributed by atoms with E-state index in [0.717, 1.165) is 44.2 Å². The van der Waals surface area contributed by atoms with Crippen molar-refractivity contribution in [3.63, 3.8) is 0 Å². The third-order valence-electron chi connectivity index (χ3n) is 5.24. The minimum absolute atomic E-state index is 0.0240. The maximum atomic E-state index is 6.19. The van der Waals surface area contributed by atoms with Crippen LogP contribution in [0.4, 0.5) is 0 Å². The Morgan fingerprint density at radius 1 is 1.28 bits per heavy atom. The predicted molar refractivity (Wildman–Crippen MR) is 94.9 cm³/mol. The Balaban J connectivity index is 1.63. The molecule has 4 rings (SSSR count). The maximum absolute atomic E-state index is 6.19. The first-order valence-corrected chi connectivity index (χ1v) is 9.40. The molecule has 0 saturated carbocycles. The van der Waals surface area contributed by atoms with Crippen LogP contribution in [0.15, 0.2) is 6.20 Å². The van der Waals surface area contributed by atoms with Gasteiger partial charge in [0.05, 0.1) is 6.20 Å². The Morgan fingerprint density at radius 2 is 2.16 bits per heavy atom. The van der Waals surface area contributed by atoms with Gasteiger partial charge >= 0.3 is 0 Å². The molecule has 2 saturated heterocycles. The first kappa shape index (κ1) is 17.0. The van der Waals surface area contributed by atoms with Crippen molar-refractivity contribution in [2.24, 2.45) is 0 Å². The molecule has 0 aliphatic carbocycles. The molecule has 136 valence electrons. The van der Waals surface area contributed by atoms with Gasteiger partial charge in [-0.3, -0.25) is 4.90 Å². The monoisotopic (exact) mass is 365 g/mol. The van der Waals surface area contributed by atoms with E-state index in [9.17, 15) is 0 Å². The highest BCUT2D eigenvalue weighted by atomic mass is 35.5. The Labute approximate surface area is 152 Å². The molecular weight excluding hydrogens is 342 g/mol. The zero-order chi connectivity index (χ0) is 17.4. The van der Waals surface area contributed by atoms with Gasteiger partial charge in [0.1, 0.15) is 11.5 Å². The van der Waals surface area contributed by atoms with Crippen molar-refractivity contribution in [1.29, 1.82) is 0 Å². The van der Waals surface area contributed by atoms with Crippen LogP contribution in [0.5, 0.6) is 5.88 Å². The lowest BCUT2D eigenvalue weighted by Crippen LogP contribution is -2.38. The summed E-state index contributed by atoms with van der Waals surface area (Å²) in [5.41, 5.74) is 0.675. The minimum Gasteiger partial charge on any atom is -0.472 e. The molecule has 2 fully saturated rings. The zero-order valence-corrected chi connectivity index (χ0v) is 15.4. The third kappa shape index (κ3) is 3.32. The Hall–Kier alpha value is -1.44. The number of hydrogen-bond donors (Lipinski definition) is 0. The Bertz CT molecular complexity index is 746. The number of hydrogen-bond acceptors (Lipinski definition) is 6. The molecule has 2 aromatic rings. The summed E-state index contributed by atoms with van der Waals surface area (Å²) in [6, 6.07) is 0.389. The van der Waals surface area contributed by atoms with Gasteiger partial charge in [-0.25, -0.2) is 4.68 Å². The zero-order valence-electron chi connectivity index (χ0n) is 14.7. The number of ether oxygens (including phenoxy) is 2. The average molecular weight is 366 g/mol. The smallest absolute Gasteiger partial charge is 0.229 e. The second-order valence-corrected chi connectivity index (χ2v) is 7.30. The number of fused-ring (bicyclic) bond motifs is 1. The molecule has 2 aliphatic rings. The van der Waals surface area contributed by atoms with E-state index in [0.29, 0.717) is 17.6 Å². The quantitative estimate of drug-likeness (QED) is 0.776. The van der Waals surface area contributed by atoms with Crippen molar-refractivity contribution in [2.75, 3.05) is 20.2 Å².